The highest BCUT2D eigenvalue weighted by atomic mass is 16.1. The minimum absolute atomic E-state index is 0.145. The molecule has 0 atom stereocenters. The Morgan fingerprint density at radius 2 is 1.85 bits per heavy atom. The van der Waals surface area contributed by atoms with E-state index in [4.69, 9.17) is 0 Å². The Bertz CT molecular complexity index is 982. The number of H-pyrrole nitrogens is 1. The van der Waals surface area contributed by atoms with Gasteiger partial charge in [0.2, 0.25) is 5.78 Å². The topological polar surface area (TPSA) is 50.2 Å². The van der Waals surface area contributed by atoms with Gasteiger partial charge in [-0.1, -0.05) is 36.4 Å². The zero-order valence-electron chi connectivity index (χ0n) is 10.6. The molecule has 0 saturated heterocycles. The van der Waals surface area contributed by atoms with E-state index in [0.717, 1.165) is 11.3 Å². The Morgan fingerprint density at radius 3 is 2.75 bits per heavy atom. The fourth-order valence-corrected chi connectivity index (χ4v) is 2.39. The van der Waals surface area contributed by atoms with Crippen LogP contribution in [0.25, 0.3) is 27.8 Å². The van der Waals surface area contributed by atoms with Crippen molar-refractivity contribution in [1.29, 1.82) is 0 Å². The number of imidazole rings is 1. The fourth-order valence-electron chi connectivity index (χ4n) is 2.39. The van der Waals surface area contributed by atoms with Crippen LogP contribution in [0.5, 0.6) is 0 Å². The summed E-state index contributed by atoms with van der Waals surface area (Å²) in [6, 6.07) is 15.9. The first-order chi connectivity index (χ1) is 9.79. The van der Waals surface area contributed by atoms with Crippen molar-refractivity contribution in [2.45, 2.75) is 0 Å². The monoisotopic (exact) mass is 261 g/mol. The molecule has 4 aromatic rings. The van der Waals surface area contributed by atoms with Gasteiger partial charge >= 0.3 is 0 Å². The number of nitrogens with one attached hydrogen (secondary N) is 1. The maximum absolute atomic E-state index is 11.3. The molecule has 20 heavy (non-hydrogen) atoms. The number of rotatable bonds is 1. The van der Waals surface area contributed by atoms with Gasteiger partial charge in [0.15, 0.2) is 0 Å². The van der Waals surface area contributed by atoms with Crippen molar-refractivity contribution in [3.63, 3.8) is 0 Å². The van der Waals surface area contributed by atoms with Gasteiger partial charge in [0, 0.05) is 24.0 Å². The number of fused-ring (bicyclic) bond motifs is 2. The average molecular weight is 261 g/mol. The summed E-state index contributed by atoms with van der Waals surface area (Å²) in [5.41, 5.74) is 1.74. The molecular formula is C16H11N3O. The molecule has 0 radical (unpaired) electrons. The van der Waals surface area contributed by atoms with E-state index in [1.807, 2.05) is 28.8 Å². The standard InChI is InChI=1S/C16H11N3O/c20-15-7-8-19-10-14(17-16(19)18-15)13-6-5-11-3-1-2-4-12(11)9-13/h1-10H,(H,17,18,20). The minimum atomic E-state index is -0.145. The van der Waals surface area contributed by atoms with Gasteiger partial charge in [-0.3, -0.25) is 14.2 Å². The highest BCUT2D eigenvalue weighted by Crippen LogP contribution is 2.23. The smallest absolute Gasteiger partial charge is 0.252 e. The first-order valence-corrected chi connectivity index (χ1v) is 6.37. The highest BCUT2D eigenvalue weighted by Gasteiger charge is 2.05. The summed E-state index contributed by atoms with van der Waals surface area (Å²) in [6.07, 6.45) is 3.63. The van der Waals surface area contributed by atoms with E-state index in [-0.39, 0.29) is 5.56 Å². The zero-order chi connectivity index (χ0) is 13.5. The molecule has 2 aromatic heterocycles. The van der Waals surface area contributed by atoms with Crippen molar-refractivity contribution in [3.05, 3.63) is 71.3 Å². The predicted molar refractivity (Wildman–Crippen MR) is 78.8 cm³/mol. The molecule has 0 spiro atoms. The van der Waals surface area contributed by atoms with Crippen molar-refractivity contribution < 1.29 is 0 Å². The van der Waals surface area contributed by atoms with Gasteiger partial charge in [0.1, 0.15) is 0 Å². The quantitative estimate of drug-likeness (QED) is 0.573. The van der Waals surface area contributed by atoms with Crippen molar-refractivity contribution in [1.82, 2.24) is 14.4 Å². The highest BCUT2D eigenvalue weighted by molar-refractivity contribution is 5.86. The molecule has 0 amide bonds. The van der Waals surface area contributed by atoms with Crippen LogP contribution in [-0.4, -0.2) is 14.4 Å². The Labute approximate surface area is 114 Å². The Balaban J connectivity index is 1.93. The second kappa shape index (κ2) is 4.06. The maximum Gasteiger partial charge on any atom is 0.252 e. The second-order valence-electron chi connectivity index (χ2n) is 4.72. The maximum atomic E-state index is 11.3. The number of hydrogen-bond acceptors (Lipinski definition) is 2. The largest absolute Gasteiger partial charge is 0.292 e. The molecule has 2 aromatic carbocycles. The molecule has 96 valence electrons. The Kier molecular flexibility index (Phi) is 2.23. The molecule has 4 nitrogen and oxygen atoms in total. The number of aromatic nitrogens is 3. The summed E-state index contributed by atoms with van der Waals surface area (Å²) in [5, 5.41) is 2.38. The molecule has 0 unspecified atom stereocenters. The van der Waals surface area contributed by atoms with Gasteiger partial charge in [-0.2, -0.15) is 0 Å². The van der Waals surface area contributed by atoms with Crippen LogP contribution < -0.4 is 5.56 Å². The van der Waals surface area contributed by atoms with E-state index in [2.05, 4.69) is 34.2 Å². The summed E-state index contributed by atoms with van der Waals surface area (Å²) in [7, 11) is 0. The lowest BCUT2D eigenvalue weighted by Crippen LogP contribution is -2.05. The van der Waals surface area contributed by atoms with Crippen LogP contribution >= 0.6 is 0 Å². The fraction of sp³-hybridized carbons (Fsp3) is 0. The predicted octanol–water partition coefficient (Wildman–Crippen LogP) is 2.84. The van der Waals surface area contributed by atoms with E-state index in [1.54, 1.807) is 6.20 Å². The molecule has 0 saturated carbocycles. The lowest BCUT2D eigenvalue weighted by atomic mass is 10.1. The van der Waals surface area contributed by atoms with Gasteiger partial charge in [0.05, 0.1) is 5.69 Å². The summed E-state index contributed by atoms with van der Waals surface area (Å²) in [5.74, 6) is 0.556. The van der Waals surface area contributed by atoms with E-state index in [9.17, 15) is 4.79 Å². The molecule has 0 aliphatic heterocycles. The van der Waals surface area contributed by atoms with Gasteiger partial charge in [-0.25, -0.2) is 4.98 Å². The molecule has 0 fully saturated rings. The van der Waals surface area contributed by atoms with Crippen molar-refractivity contribution in [3.8, 4) is 11.3 Å². The minimum Gasteiger partial charge on any atom is -0.292 e. The molecule has 4 heteroatoms. The third-order valence-electron chi connectivity index (χ3n) is 3.40. The molecule has 0 bridgehead atoms. The van der Waals surface area contributed by atoms with E-state index in [0.29, 0.717) is 5.78 Å². The van der Waals surface area contributed by atoms with Crippen molar-refractivity contribution in [2.24, 2.45) is 0 Å². The third kappa shape index (κ3) is 1.70. The van der Waals surface area contributed by atoms with Crippen molar-refractivity contribution >= 4 is 16.6 Å². The van der Waals surface area contributed by atoms with E-state index >= 15 is 0 Å². The van der Waals surface area contributed by atoms with Gasteiger partial charge < -0.3 is 0 Å². The third-order valence-corrected chi connectivity index (χ3v) is 3.40. The first-order valence-electron chi connectivity index (χ1n) is 6.37. The second-order valence-corrected chi connectivity index (χ2v) is 4.72. The number of hydrogen-bond donors (Lipinski definition) is 1. The van der Waals surface area contributed by atoms with E-state index < -0.39 is 0 Å². The number of nitrogens with zero attached hydrogens (tertiary/aromatic N) is 2. The molecule has 0 aliphatic rings. The van der Waals surface area contributed by atoms with Crippen LogP contribution in [0.2, 0.25) is 0 Å². The van der Waals surface area contributed by atoms with Crippen LogP contribution in [-0.2, 0) is 0 Å². The molecule has 1 N–H and O–H groups in total. The zero-order valence-corrected chi connectivity index (χ0v) is 10.6. The Morgan fingerprint density at radius 1 is 1.00 bits per heavy atom. The molecule has 0 aliphatic carbocycles. The SMILES string of the molecule is O=c1ccn2cc(-c3ccc4ccccc4c3)nc2[nH]1. The van der Waals surface area contributed by atoms with Gasteiger partial charge in [0.25, 0.3) is 5.56 Å². The average Bonchev–Trinajstić information content (AvgIpc) is 2.89. The van der Waals surface area contributed by atoms with Crippen LogP contribution in [0.4, 0.5) is 0 Å². The Hall–Kier alpha value is -2.88. The van der Waals surface area contributed by atoms with Gasteiger partial charge in [-0.05, 0) is 16.8 Å². The first kappa shape index (κ1) is 11.0. The van der Waals surface area contributed by atoms with Crippen LogP contribution in [0, 0.1) is 0 Å². The van der Waals surface area contributed by atoms with Crippen LogP contribution in [0.1, 0.15) is 0 Å². The molecule has 4 rings (SSSR count). The molecular weight excluding hydrogens is 250 g/mol. The number of aromatic amines is 1. The van der Waals surface area contributed by atoms with Gasteiger partial charge in [-0.15, -0.1) is 0 Å². The number of benzene rings is 2. The normalized spacial score (nSPS) is 11.2. The summed E-state index contributed by atoms with van der Waals surface area (Å²) in [4.78, 5) is 18.5. The van der Waals surface area contributed by atoms with Crippen LogP contribution in [0.15, 0.2) is 65.7 Å². The van der Waals surface area contributed by atoms with Crippen molar-refractivity contribution in [2.75, 3.05) is 0 Å². The summed E-state index contributed by atoms with van der Waals surface area (Å²) >= 11 is 0. The summed E-state index contributed by atoms with van der Waals surface area (Å²) in [6.45, 7) is 0. The molecule has 2 heterocycles. The summed E-state index contributed by atoms with van der Waals surface area (Å²) < 4.78 is 1.81. The van der Waals surface area contributed by atoms with E-state index in [1.165, 1.54) is 16.8 Å². The lowest BCUT2D eigenvalue weighted by molar-refractivity contribution is 1.08. The van der Waals surface area contributed by atoms with Crippen LogP contribution in [0.3, 0.4) is 0 Å². The lowest BCUT2D eigenvalue weighted by Gasteiger charge is -2.00.